The van der Waals surface area contributed by atoms with Gasteiger partial charge in [0.05, 0.1) is 11.6 Å². The Kier molecular flexibility index (Phi) is 4.05. The molecule has 100 valence electrons. The Hall–Kier alpha value is -1.61. The van der Waals surface area contributed by atoms with E-state index in [-0.39, 0.29) is 11.9 Å². The zero-order valence-corrected chi connectivity index (χ0v) is 12.6. The van der Waals surface area contributed by atoms with Gasteiger partial charge in [-0.05, 0) is 44.9 Å². The van der Waals surface area contributed by atoms with Gasteiger partial charge in [-0.15, -0.1) is 11.3 Å². The summed E-state index contributed by atoms with van der Waals surface area (Å²) >= 11 is 1.60. The molecule has 0 aliphatic heterocycles. The molecule has 1 N–H and O–H groups in total. The van der Waals surface area contributed by atoms with E-state index >= 15 is 0 Å². The summed E-state index contributed by atoms with van der Waals surface area (Å²) in [5.41, 5.74) is 4.38. The van der Waals surface area contributed by atoms with Crippen LogP contribution in [0.2, 0.25) is 0 Å². The summed E-state index contributed by atoms with van der Waals surface area (Å²) in [5.74, 6) is -0.00294. The summed E-state index contributed by atoms with van der Waals surface area (Å²) in [6.07, 6.45) is 0. The molecular formula is C16H19NOS. The van der Waals surface area contributed by atoms with E-state index < -0.39 is 0 Å². The number of benzene rings is 1. The molecule has 1 amide bonds. The molecule has 0 saturated heterocycles. The van der Waals surface area contributed by atoms with Crippen LogP contribution in [0.1, 0.15) is 44.9 Å². The summed E-state index contributed by atoms with van der Waals surface area (Å²) < 4.78 is 0. The van der Waals surface area contributed by atoms with E-state index in [4.69, 9.17) is 0 Å². The third-order valence-electron chi connectivity index (χ3n) is 3.23. The average Bonchev–Trinajstić information content (AvgIpc) is 2.75. The number of aryl methyl sites for hydroxylation is 3. The van der Waals surface area contributed by atoms with Crippen LogP contribution in [0.25, 0.3) is 0 Å². The minimum absolute atomic E-state index is 0.00294. The Morgan fingerprint density at radius 2 is 1.95 bits per heavy atom. The van der Waals surface area contributed by atoms with Crippen molar-refractivity contribution in [3.05, 3.63) is 56.8 Å². The van der Waals surface area contributed by atoms with Crippen LogP contribution in [0.4, 0.5) is 0 Å². The molecule has 0 bridgehead atoms. The van der Waals surface area contributed by atoms with Crippen molar-refractivity contribution < 1.29 is 4.79 Å². The highest BCUT2D eigenvalue weighted by Crippen LogP contribution is 2.20. The molecule has 0 spiro atoms. The number of nitrogens with one attached hydrogen (secondary N) is 1. The zero-order valence-electron chi connectivity index (χ0n) is 11.8. The maximum absolute atomic E-state index is 12.1. The molecule has 19 heavy (non-hydrogen) atoms. The predicted molar refractivity (Wildman–Crippen MR) is 80.9 cm³/mol. The first-order valence-corrected chi connectivity index (χ1v) is 7.28. The molecule has 3 heteroatoms. The maximum atomic E-state index is 12.1. The van der Waals surface area contributed by atoms with Gasteiger partial charge < -0.3 is 5.32 Å². The van der Waals surface area contributed by atoms with Gasteiger partial charge in [0, 0.05) is 10.3 Å². The molecule has 0 saturated carbocycles. The van der Waals surface area contributed by atoms with Crippen molar-refractivity contribution in [3.63, 3.8) is 0 Å². The third kappa shape index (κ3) is 3.24. The molecular weight excluding hydrogens is 254 g/mol. The topological polar surface area (TPSA) is 29.1 Å². The molecule has 1 aromatic heterocycles. The van der Waals surface area contributed by atoms with E-state index in [0.717, 1.165) is 10.4 Å². The lowest BCUT2D eigenvalue weighted by molar-refractivity contribution is 0.0940. The van der Waals surface area contributed by atoms with Crippen molar-refractivity contribution in [3.8, 4) is 0 Å². The highest BCUT2D eigenvalue weighted by Gasteiger charge is 2.13. The largest absolute Gasteiger partial charge is 0.345 e. The van der Waals surface area contributed by atoms with Crippen molar-refractivity contribution in [2.75, 3.05) is 0 Å². The highest BCUT2D eigenvalue weighted by atomic mass is 32.1. The fourth-order valence-corrected chi connectivity index (χ4v) is 2.91. The van der Waals surface area contributed by atoms with Crippen LogP contribution in [0.3, 0.4) is 0 Å². The second-order valence-corrected chi connectivity index (χ2v) is 6.12. The van der Waals surface area contributed by atoms with Gasteiger partial charge >= 0.3 is 0 Å². The first kappa shape index (κ1) is 13.8. The fourth-order valence-electron chi connectivity index (χ4n) is 2.23. The van der Waals surface area contributed by atoms with Gasteiger partial charge in [0.15, 0.2) is 0 Å². The van der Waals surface area contributed by atoms with Crippen molar-refractivity contribution in [2.45, 2.75) is 33.7 Å². The predicted octanol–water partition coefficient (Wildman–Crippen LogP) is 4.16. The van der Waals surface area contributed by atoms with Gasteiger partial charge in [-0.1, -0.05) is 23.8 Å². The fraction of sp³-hybridized carbons (Fsp3) is 0.312. The molecule has 0 radical (unpaired) electrons. The number of carbonyl (C=O) groups excluding carboxylic acids is 1. The molecule has 0 fully saturated rings. The van der Waals surface area contributed by atoms with E-state index in [1.807, 2.05) is 25.3 Å². The van der Waals surface area contributed by atoms with Gasteiger partial charge in [-0.3, -0.25) is 4.79 Å². The molecule has 1 atom stereocenters. The summed E-state index contributed by atoms with van der Waals surface area (Å²) in [4.78, 5) is 13.3. The second kappa shape index (κ2) is 5.57. The normalized spacial score (nSPS) is 12.2. The van der Waals surface area contributed by atoms with Crippen LogP contribution in [-0.4, -0.2) is 5.91 Å². The zero-order chi connectivity index (χ0) is 14.0. The van der Waals surface area contributed by atoms with E-state index in [1.165, 1.54) is 16.7 Å². The van der Waals surface area contributed by atoms with E-state index in [9.17, 15) is 4.79 Å². The molecule has 0 aliphatic carbocycles. The van der Waals surface area contributed by atoms with Crippen LogP contribution in [-0.2, 0) is 0 Å². The monoisotopic (exact) mass is 273 g/mol. The first-order valence-electron chi connectivity index (χ1n) is 6.40. The van der Waals surface area contributed by atoms with Gasteiger partial charge in [0.2, 0.25) is 0 Å². The Morgan fingerprint density at radius 1 is 1.21 bits per heavy atom. The summed E-state index contributed by atoms with van der Waals surface area (Å²) in [6.45, 7) is 8.19. The van der Waals surface area contributed by atoms with Crippen molar-refractivity contribution in [1.29, 1.82) is 0 Å². The van der Waals surface area contributed by atoms with Crippen LogP contribution in [0.15, 0.2) is 29.6 Å². The Balaban J connectivity index is 2.12. The number of hydrogen-bond acceptors (Lipinski definition) is 2. The molecule has 2 nitrogen and oxygen atoms in total. The Bertz CT molecular complexity index is 601. The average molecular weight is 273 g/mol. The van der Waals surface area contributed by atoms with Crippen molar-refractivity contribution in [1.82, 2.24) is 5.32 Å². The van der Waals surface area contributed by atoms with Crippen LogP contribution in [0, 0.1) is 20.8 Å². The van der Waals surface area contributed by atoms with E-state index in [2.05, 4.69) is 37.4 Å². The van der Waals surface area contributed by atoms with E-state index in [1.54, 1.807) is 11.3 Å². The minimum Gasteiger partial charge on any atom is -0.345 e. The maximum Gasteiger partial charge on any atom is 0.252 e. The van der Waals surface area contributed by atoms with Gasteiger partial charge in [-0.2, -0.15) is 0 Å². The number of amides is 1. The lowest BCUT2D eigenvalue weighted by Crippen LogP contribution is -2.26. The number of rotatable bonds is 3. The second-order valence-electron chi connectivity index (χ2n) is 5.00. The minimum atomic E-state index is -0.00294. The Labute approximate surface area is 118 Å². The first-order chi connectivity index (χ1) is 8.97. The quantitative estimate of drug-likeness (QED) is 0.893. The highest BCUT2D eigenvalue weighted by molar-refractivity contribution is 7.10. The molecule has 2 rings (SSSR count). The van der Waals surface area contributed by atoms with Gasteiger partial charge in [0.25, 0.3) is 5.91 Å². The smallest absolute Gasteiger partial charge is 0.252 e. The lowest BCUT2D eigenvalue weighted by Gasteiger charge is -2.16. The lowest BCUT2D eigenvalue weighted by atomic mass is 10.00. The summed E-state index contributed by atoms with van der Waals surface area (Å²) in [6, 6.07) is 8.27. The van der Waals surface area contributed by atoms with Gasteiger partial charge in [0.1, 0.15) is 0 Å². The van der Waals surface area contributed by atoms with Crippen molar-refractivity contribution in [2.24, 2.45) is 0 Å². The molecule has 1 heterocycles. The molecule has 1 aromatic carbocycles. The van der Waals surface area contributed by atoms with Gasteiger partial charge in [-0.25, -0.2) is 0 Å². The van der Waals surface area contributed by atoms with Crippen molar-refractivity contribution >= 4 is 17.2 Å². The number of hydrogen-bond donors (Lipinski definition) is 1. The Morgan fingerprint density at radius 3 is 2.53 bits per heavy atom. The van der Waals surface area contributed by atoms with E-state index in [0.29, 0.717) is 0 Å². The number of thiophene rings is 1. The number of carbonyl (C=O) groups is 1. The third-order valence-corrected chi connectivity index (χ3v) is 4.09. The van der Waals surface area contributed by atoms with Crippen LogP contribution >= 0.6 is 11.3 Å². The molecule has 1 unspecified atom stereocenters. The molecule has 2 aromatic rings. The SMILES string of the molecule is Cc1ccc(C(C)NC(=O)c2csc(C)c2)c(C)c1. The standard InChI is InChI=1S/C16H19NOS/c1-10-5-6-15(11(2)7-10)13(4)17-16(18)14-8-12(3)19-9-14/h5-9,13H,1-4H3,(H,17,18). The molecule has 0 aliphatic rings. The summed E-state index contributed by atoms with van der Waals surface area (Å²) in [5, 5.41) is 4.96. The summed E-state index contributed by atoms with van der Waals surface area (Å²) in [7, 11) is 0. The van der Waals surface area contributed by atoms with Crippen LogP contribution < -0.4 is 5.32 Å². The van der Waals surface area contributed by atoms with Crippen LogP contribution in [0.5, 0.6) is 0 Å².